The van der Waals surface area contributed by atoms with Crippen LogP contribution in [0.25, 0.3) is 10.9 Å². The normalized spacial score (nSPS) is 18.0. The number of aromatic nitrogens is 1. The first-order valence-electron chi connectivity index (χ1n) is 10.5. The molecule has 2 aromatic carbocycles. The van der Waals surface area contributed by atoms with Gasteiger partial charge < -0.3 is 14.8 Å². The number of Topliss-reactive ketones (excluding diaryl/α,β-unsaturated/α-hetero) is 1. The van der Waals surface area contributed by atoms with E-state index < -0.39 is 29.8 Å². The molecule has 0 spiro atoms. The van der Waals surface area contributed by atoms with E-state index in [1.807, 2.05) is 6.07 Å². The number of nitrogens with zero attached hydrogens (tertiary/aromatic N) is 2. The lowest BCUT2D eigenvalue weighted by Crippen LogP contribution is -2.46. The van der Waals surface area contributed by atoms with Crippen molar-refractivity contribution in [2.24, 2.45) is 0 Å². The Labute approximate surface area is 197 Å². The van der Waals surface area contributed by atoms with Gasteiger partial charge in [0.25, 0.3) is 0 Å². The van der Waals surface area contributed by atoms with Gasteiger partial charge in [0, 0.05) is 41.2 Å². The van der Waals surface area contributed by atoms with Gasteiger partial charge in [0.1, 0.15) is 24.6 Å². The van der Waals surface area contributed by atoms with Crippen LogP contribution in [0.15, 0.2) is 53.1 Å². The first kappa shape index (κ1) is 23.1. The molecule has 0 bridgehead atoms. The highest BCUT2D eigenvalue weighted by molar-refractivity contribution is 9.10. The molecular weight excluding hydrogens is 496 g/mol. The number of carbonyl (C=O) groups is 3. The third-order valence-electron chi connectivity index (χ3n) is 5.83. The van der Waals surface area contributed by atoms with Gasteiger partial charge in [0.15, 0.2) is 5.78 Å². The molecule has 6 nitrogen and oxygen atoms in total. The number of rotatable bonds is 6. The first-order valence-corrected chi connectivity index (χ1v) is 11.3. The Morgan fingerprint density at radius 3 is 2.67 bits per heavy atom. The van der Waals surface area contributed by atoms with Gasteiger partial charge >= 0.3 is 0 Å². The Morgan fingerprint density at radius 1 is 1.15 bits per heavy atom. The highest BCUT2D eigenvalue weighted by atomic mass is 79.9. The molecular formula is C24H22BrF2N3O3. The minimum atomic E-state index is -1.33. The minimum Gasteiger partial charge on any atom is -0.350 e. The number of halogens is 3. The van der Waals surface area contributed by atoms with E-state index >= 15 is 0 Å². The molecule has 1 aliphatic rings. The lowest BCUT2D eigenvalue weighted by atomic mass is 10.1. The molecule has 33 heavy (non-hydrogen) atoms. The van der Waals surface area contributed by atoms with Gasteiger partial charge in [-0.05, 0) is 35.0 Å². The van der Waals surface area contributed by atoms with Crippen LogP contribution in [0.2, 0.25) is 0 Å². The Morgan fingerprint density at radius 2 is 1.91 bits per heavy atom. The second-order valence-electron chi connectivity index (χ2n) is 8.07. The van der Waals surface area contributed by atoms with Gasteiger partial charge in [-0.2, -0.15) is 0 Å². The summed E-state index contributed by atoms with van der Waals surface area (Å²) in [6, 6.07) is 11.0. The van der Waals surface area contributed by atoms with Crippen molar-refractivity contribution < 1.29 is 23.2 Å². The number of para-hydroxylation sites is 1. The second kappa shape index (κ2) is 9.43. The molecule has 2 heterocycles. The Balaban J connectivity index is 1.50. The number of hydrogen-bond donors (Lipinski definition) is 1. The van der Waals surface area contributed by atoms with Crippen molar-refractivity contribution >= 4 is 44.4 Å². The molecule has 1 saturated heterocycles. The van der Waals surface area contributed by atoms with E-state index in [0.717, 1.165) is 5.39 Å². The van der Waals surface area contributed by atoms with E-state index in [-0.39, 0.29) is 41.9 Å². The zero-order valence-electron chi connectivity index (χ0n) is 17.9. The van der Waals surface area contributed by atoms with Crippen LogP contribution in [0.4, 0.5) is 8.78 Å². The second-order valence-corrected chi connectivity index (χ2v) is 8.92. The van der Waals surface area contributed by atoms with E-state index in [2.05, 4.69) is 21.2 Å². The van der Waals surface area contributed by atoms with Crippen LogP contribution in [0.1, 0.15) is 29.3 Å². The van der Waals surface area contributed by atoms with E-state index in [4.69, 9.17) is 0 Å². The van der Waals surface area contributed by atoms with Crippen LogP contribution >= 0.6 is 15.9 Å². The van der Waals surface area contributed by atoms with Gasteiger partial charge in [-0.25, -0.2) is 8.78 Å². The number of fused-ring (bicyclic) bond motifs is 1. The molecule has 4 rings (SSSR count). The van der Waals surface area contributed by atoms with Crippen molar-refractivity contribution in [3.8, 4) is 0 Å². The molecule has 9 heteroatoms. The van der Waals surface area contributed by atoms with Crippen LogP contribution in [-0.4, -0.2) is 45.8 Å². The monoisotopic (exact) mass is 517 g/mol. The molecule has 1 aliphatic heterocycles. The van der Waals surface area contributed by atoms with Crippen molar-refractivity contribution in [3.05, 3.63) is 70.1 Å². The summed E-state index contributed by atoms with van der Waals surface area (Å²) in [6.07, 6.45) is 0.157. The summed E-state index contributed by atoms with van der Waals surface area (Å²) in [6.45, 7) is 1.05. The molecule has 3 aromatic rings. The van der Waals surface area contributed by atoms with Crippen molar-refractivity contribution in [1.82, 2.24) is 14.8 Å². The van der Waals surface area contributed by atoms with Crippen molar-refractivity contribution in [2.45, 2.75) is 38.6 Å². The fraction of sp³-hybridized carbons (Fsp3) is 0.292. The van der Waals surface area contributed by atoms with Crippen molar-refractivity contribution in [2.75, 3.05) is 6.54 Å². The number of ketones is 1. The third-order valence-corrected chi connectivity index (χ3v) is 6.44. The van der Waals surface area contributed by atoms with E-state index in [9.17, 15) is 23.2 Å². The SMILES string of the molecule is CC(=O)c1cn(CC(=O)N2C[C@H](F)C[C@H]2C(=O)NCc2cccc(Br)c2F)c2ccccc12. The molecule has 1 fully saturated rings. The van der Waals surface area contributed by atoms with Crippen LogP contribution in [-0.2, 0) is 22.7 Å². The summed E-state index contributed by atoms with van der Waals surface area (Å²) in [5.41, 5.74) is 1.48. The number of carbonyl (C=O) groups excluding carboxylic acids is 3. The summed E-state index contributed by atoms with van der Waals surface area (Å²) in [5.74, 6) is -1.58. The van der Waals surface area contributed by atoms with Crippen LogP contribution in [0, 0.1) is 5.82 Å². The van der Waals surface area contributed by atoms with Crippen molar-refractivity contribution in [1.29, 1.82) is 0 Å². The number of hydrogen-bond acceptors (Lipinski definition) is 3. The summed E-state index contributed by atoms with van der Waals surface area (Å²) < 4.78 is 30.3. The van der Waals surface area contributed by atoms with Gasteiger partial charge in [-0.15, -0.1) is 0 Å². The van der Waals surface area contributed by atoms with Crippen LogP contribution in [0.3, 0.4) is 0 Å². The minimum absolute atomic E-state index is 0.0796. The average molecular weight is 518 g/mol. The number of likely N-dealkylation sites (tertiary alicyclic amines) is 1. The van der Waals surface area contributed by atoms with Crippen LogP contribution in [0.5, 0.6) is 0 Å². The number of alkyl halides is 1. The topological polar surface area (TPSA) is 71.4 Å². The lowest BCUT2D eigenvalue weighted by molar-refractivity contribution is -0.139. The van der Waals surface area contributed by atoms with Gasteiger partial charge in [-0.3, -0.25) is 14.4 Å². The van der Waals surface area contributed by atoms with E-state index in [1.54, 1.807) is 47.2 Å². The highest BCUT2D eigenvalue weighted by Crippen LogP contribution is 2.25. The fourth-order valence-electron chi connectivity index (χ4n) is 4.19. The third kappa shape index (κ3) is 4.68. The summed E-state index contributed by atoms with van der Waals surface area (Å²) in [4.78, 5) is 39.1. The van der Waals surface area contributed by atoms with E-state index in [0.29, 0.717) is 11.1 Å². The molecule has 0 saturated carbocycles. The highest BCUT2D eigenvalue weighted by Gasteiger charge is 2.39. The molecule has 172 valence electrons. The predicted molar refractivity (Wildman–Crippen MR) is 123 cm³/mol. The Kier molecular flexibility index (Phi) is 6.60. The molecule has 0 unspecified atom stereocenters. The first-order chi connectivity index (χ1) is 15.8. The number of benzene rings is 2. The smallest absolute Gasteiger partial charge is 0.243 e. The maximum Gasteiger partial charge on any atom is 0.243 e. The zero-order chi connectivity index (χ0) is 23.7. The molecule has 1 aromatic heterocycles. The maximum absolute atomic E-state index is 14.2. The largest absolute Gasteiger partial charge is 0.350 e. The van der Waals surface area contributed by atoms with Gasteiger partial charge in [-0.1, -0.05) is 30.3 Å². The average Bonchev–Trinajstić information content (AvgIpc) is 3.36. The van der Waals surface area contributed by atoms with Gasteiger partial charge in [0.2, 0.25) is 11.8 Å². The molecule has 2 atom stereocenters. The standard InChI is InChI=1S/C24H22BrF2N3O3/c1-14(31)18-12-29(20-8-3-2-6-17(18)20)13-22(32)30-11-16(26)9-21(30)24(33)28-10-15-5-4-7-19(25)23(15)27/h2-8,12,16,21H,9-11,13H2,1H3,(H,28,33)/t16-,21+/m1/s1. The molecule has 0 aliphatic carbocycles. The van der Waals surface area contributed by atoms with Gasteiger partial charge in [0.05, 0.1) is 11.0 Å². The summed E-state index contributed by atoms with van der Waals surface area (Å²) in [7, 11) is 0. The number of nitrogens with one attached hydrogen (secondary N) is 1. The fourth-order valence-corrected chi connectivity index (χ4v) is 4.60. The number of amides is 2. The maximum atomic E-state index is 14.2. The summed E-state index contributed by atoms with van der Waals surface area (Å²) in [5, 5.41) is 3.34. The zero-order valence-corrected chi connectivity index (χ0v) is 19.4. The Bertz CT molecular complexity index is 1240. The van der Waals surface area contributed by atoms with Crippen LogP contribution < -0.4 is 5.32 Å². The molecule has 0 radical (unpaired) electrons. The predicted octanol–water partition coefficient (Wildman–Crippen LogP) is 4.00. The molecule has 1 N–H and O–H groups in total. The Hall–Kier alpha value is -3.07. The quantitative estimate of drug-likeness (QED) is 0.502. The molecule has 2 amide bonds. The van der Waals surface area contributed by atoms with E-state index in [1.165, 1.54) is 11.8 Å². The lowest BCUT2D eigenvalue weighted by Gasteiger charge is -2.24. The summed E-state index contributed by atoms with van der Waals surface area (Å²) >= 11 is 3.10. The van der Waals surface area contributed by atoms with Crippen molar-refractivity contribution in [3.63, 3.8) is 0 Å².